The topological polar surface area (TPSA) is 45.2 Å². The Morgan fingerprint density at radius 3 is 2.41 bits per heavy atom. The molecule has 1 N–H and O–H groups in total. The standard InChI is InChI=1S/C24H21ClF3N3O/c1-14-22(30-21-12-18(27)6-7-20(21)28)19(13-29-23(14)25)24(32)31-10-8-16(9-11-31)15-2-4-17(26)5-3-15/h2-7,12-13,16H,8-11H2,1H3,(H,29,30). The highest BCUT2D eigenvalue weighted by atomic mass is 35.5. The number of anilines is 2. The van der Waals surface area contributed by atoms with Crippen molar-refractivity contribution in [2.75, 3.05) is 18.4 Å². The number of carbonyl (C=O) groups excluding carboxylic acids is 1. The van der Waals surface area contributed by atoms with E-state index >= 15 is 0 Å². The van der Waals surface area contributed by atoms with E-state index in [1.54, 1.807) is 24.0 Å². The zero-order valence-corrected chi connectivity index (χ0v) is 18.1. The molecule has 166 valence electrons. The second kappa shape index (κ2) is 9.20. The summed E-state index contributed by atoms with van der Waals surface area (Å²) in [6, 6.07) is 9.49. The van der Waals surface area contributed by atoms with Gasteiger partial charge in [-0.3, -0.25) is 4.79 Å². The van der Waals surface area contributed by atoms with Gasteiger partial charge in [-0.2, -0.15) is 0 Å². The fraction of sp³-hybridized carbons (Fsp3) is 0.250. The lowest BCUT2D eigenvalue weighted by Gasteiger charge is -2.33. The third kappa shape index (κ3) is 4.58. The Labute approximate surface area is 189 Å². The van der Waals surface area contributed by atoms with E-state index in [4.69, 9.17) is 11.6 Å². The molecule has 3 aromatic rings. The zero-order chi connectivity index (χ0) is 22.8. The monoisotopic (exact) mass is 459 g/mol. The zero-order valence-electron chi connectivity index (χ0n) is 17.3. The van der Waals surface area contributed by atoms with Gasteiger partial charge in [0.05, 0.1) is 16.9 Å². The molecule has 0 saturated carbocycles. The molecule has 8 heteroatoms. The molecule has 32 heavy (non-hydrogen) atoms. The van der Waals surface area contributed by atoms with Crippen molar-refractivity contribution in [1.29, 1.82) is 0 Å². The number of nitrogens with one attached hydrogen (secondary N) is 1. The van der Waals surface area contributed by atoms with Gasteiger partial charge in [0, 0.05) is 30.9 Å². The van der Waals surface area contributed by atoms with Crippen molar-refractivity contribution in [2.24, 2.45) is 0 Å². The van der Waals surface area contributed by atoms with Crippen LogP contribution in [-0.2, 0) is 0 Å². The van der Waals surface area contributed by atoms with Crippen LogP contribution in [0.4, 0.5) is 24.5 Å². The number of nitrogens with zero attached hydrogens (tertiary/aromatic N) is 2. The Morgan fingerprint density at radius 1 is 1.06 bits per heavy atom. The van der Waals surface area contributed by atoms with Gasteiger partial charge < -0.3 is 10.2 Å². The summed E-state index contributed by atoms with van der Waals surface area (Å²) in [7, 11) is 0. The summed E-state index contributed by atoms with van der Waals surface area (Å²) in [6.07, 6.45) is 2.82. The number of carbonyl (C=O) groups is 1. The number of aromatic nitrogens is 1. The van der Waals surface area contributed by atoms with Crippen LogP contribution in [-0.4, -0.2) is 28.9 Å². The number of benzene rings is 2. The van der Waals surface area contributed by atoms with Crippen LogP contribution >= 0.6 is 11.6 Å². The largest absolute Gasteiger partial charge is 0.352 e. The molecule has 1 saturated heterocycles. The number of likely N-dealkylation sites (tertiary alicyclic amines) is 1. The summed E-state index contributed by atoms with van der Waals surface area (Å²) >= 11 is 6.14. The lowest BCUT2D eigenvalue weighted by atomic mass is 9.89. The van der Waals surface area contributed by atoms with E-state index in [0.717, 1.165) is 36.6 Å². The summed E-state index contributed by atoms with van der Waals surface area (Å²) in [4.78, 5) is 19.1. The third-order valence-corrected chi connectivity index (χ3v) is 6.18. The first kappa shape index (κ1) is 22.1. The molecule has 1 fully saturated rings. The second-order valence-corrected chi connectivity index (χ2v) is 8.19. The van der Waals surface area contributed by atoms with E-state index in [9.17, 15) is 18.0 Å². The maximum Gasteiger partial charge on any atom is 0.257 e. The van der Waals surface area contributed by atoms with Crippen LogP contribution in [0.3, 0.4) is 0 Å². The van der Waals surface area contributed by atoms with Gasteiger partial charge in [0.2, 0.25) is 0 Å². The van der Waals surface area contributed by atoms with Gasteiger partial charge in [-0.1, -0.05) is 23.7 Å². The molecule has 1 aliphatic rings. The van der Waals surface area contributed by atoms with Gasteiger partial charge in [0.1, 0.15) is 22.6 Å². The fourth-order valence-corrected chi connectivity index (χ4v) is 4.10. The van der Waals surface area contributed by atoms with Crippen molar-refractivity contribution in [3.8, 4) is 0 Å². The minimum absolute atomic E-state index is 0.0977. The molecule has 2 aromatic carbocycles. The van der Waals surface area contributed by atoms with E-state index in [-0.39, 0.29) is 34.0 Å². The van der Waals surface area contributed by atoms with E-state index in [2.05, 4.69) is 10.3 Å². The Bertz CT molecular complexity index is 1150. The molecule has 0 radical (unpaired) electrons. The number of pyridine rings is 1. The minimum Gasteiger partial charge on any atom is -0.352 e. The predicted octanol–water partition coefficient (Wildman–Crippen LogP) is 6.22. The van der Waals surface area contributed by atoms with E-state index in [1.165, 1.54) is 18.3 Å². The van der Waals surface area contributed by atoms with Gasteiger partial charge in [-0.25, -0.2) is 18.2 Å². The Hall–Kier alpha value is -3.06. The molecule has 1 amide bonds. The van der Waals surface area contributed by atoms with Crippen molar-refractivity contribution in [1.82, 2.24) is 9.88 Å². The third-order valence-electron chi connectivity index (χ3n) is 5.80. The second-order valence-electron chi connectivity index (χ2n) is 7.83. The van der Waals surface area contributed by atoms with Gasteiger partial charge in [-0.15, -0.1) is 0 Å². The molecule has 4 rings (SSSR count). The minimum atomic E-state index is -0.655. The summed E-state index contributed by atoms with van der Waals surface area (Å²) in [5.41, 5.74) is 1.93. The molecule has 0 bridgehead atoms. The molecule has 4 nitrogen and oxygen atoms in total. The lowest BCUT2D eigenvalue weighted by Crippen LogP contribution is -2.38. The Morgan fingerprint density at radius 2 is 1.72 bits per heavy atom. The van der Waals surface area contributed by atoms with Crippen LogP contribution in [0.5, 0.6) is 0 Å². The normalized spacial score (nSPS) is 14.5. The van der Waals surface area contributed by atoms with Crippen LogP contribution in [0, 0.1) is 24.4 Å². The van der Waals surface area contributed by atoms with Crippen LogP contribution in [0.15, 0.2) is 48.7 Å². The van der Waals surface area contributed by atoms with Crippen molar-refractivity contribution >= 4 is 28.9 Å². The van der Waals surface area contributed by atoms with E-state index < -0.39 is 11.6 Å². The first-order valence-corrected chi connectivity index (χ1v) is 10.6. The Balaban J connectivity index is 1.56. The molecule has 0 atom stereocenters. The van der Waals surface area contributed by atoms with E-state index in [0.29, 0.717) is 24.3 Å². The lowest BCUT2D eigenvalue weighted by molar-refractivity contribution is 0.0713. The average Bonchev–Trinajstić information content (AvgIpc) is 2.79. The average molecular weight is 460 g/mol. The fourth-order valence-electron chi connectivity index (χ4n) is 3.96. The van der Waals surface area contributed by atoms with Crippen LogP contribution in [0.1, 0.15) is 40.2 Å². The highest BCUT2D eigenvalue weighted by molar-refractivity contribution is 6.30. The highest BCUT2D eigenvalue weighted by Crippen LogP contribution is 2.33. The number of rotatable bonds is 4. The molecule has 0 spiro atoms. The predicted molar refractivity (Wildman–Crippen MR) is 118 cm³/mol. The number of halogens is 4. The number of hydrogen-bond donors (Lipinski definition) is 1. The van der Waals surface area contributed by atoms with Crippen molar-refractivity contribution < 1.29 is 18.0 Å². The summed E-state index contributed by atoms with van der Waals surface area (Å²) < 4.78 is 41.0. The molecule has 1 aliphatic heterocycles. The maximum atomic E-state index is 14.2. The van der Waals surface area contributed by atoms with Gasteiger partial charge >= 0.3 is 0 Å². The van der Waals surface area contributed by atoms with Gasteiger partial charge in [0.25, 0.3) is 5.91 Å². The molecular weight excluding hydrogens is 439 g/mol. The number of piperidine rings is 1. The quantitative estimate of drug-likeness (QED) is 0.471. The van der Waals surface area contributed by atoms with E-state index in [1.807, 2.05) is 0 Å². The molecular formula is C24H21ClF3N3O. The first-order valence-electron chi connectivity index (χ1n) is 10.3. The maximum absolute atomic E-state index is 14.2. The summed E-state index contributed by atoms with van der Waals surface area (Å²) in [5.74, 6) is -1.57. The summed E-state index contributed by atoms with van der Waals surface area (Å²) in [6.45, 7) is 2.68. The number of amides is 1. The van der Waals surface area contributed by atoms with Crippen LogP contribution in [0.2, 0.25) is 5.15 Å². The molecule has 0 unspecified atom stereocenters. The molecule has 1 aromatic heterocycles. The smallest absolute Gasteiger partial charge is 0.257 e. The van der Waals surface area contributed by atoms with Crippen molar-refractivity contribution in [2.45, 2.75) is 25.7 Å². The van der Waals surface area contributed by atoms with Crippen molar-refractivity contribution in [3.63, 3.8) is 0 Å². The molecule has 0 aliphatic carbocycles. The van der Waals surface area contributed by atoms with Gasteiger partial charge in [-0.05, 0) is 55.5 Å². The SMILES string of the molecule is Cc1c(Cl)ncc(C(=O)N2CCC(c3ccc(F)cc3)CC2)c1Nc1cc(F)ccc1F. The number of hydrogen-bond acceptors (Lipinski definition) is 3. The molecule has 2 heterocycles. The van der Waals surface area contributed by atoms with Crippen molar-refractivity contribution in [3.05, 3.63) is 88.0 Å². The van der Waals surface area contributed by atoms with Crippen LogP contribution in [0.25, 0.3) is 0 Å². The Kier molecular flexibility index (Phi) is 6.37. The van der Waals surface area contributed by atoms with Crippen LogP contribution < -0.4 is 5.32 Å². The van der Waals surface area contributed by atoms with Gasteiger partial charge in [0.15, 0.2) is 0 Å². The first-order chi connectivity index (χ1) is 15.3. The highest BCUT2D eigenvalue weighted by Gasteiger charge is 2.27. The summed E-state index contributed by atoms with van der Waals surface area (Å²) in [5, 5.41) is 2.99.